The molecule has 122 valence electrons. The average Bonchev–Trinajstić information content (AvgIpc) is 2.93. The highest BCUT2D eigenvalue weighted by Crippen LogP contribution is 2.24. The van der Waals surface area contributed by atoms with Gasteiger partial charge in [0.05, 0.1) is 0 Å². The fourth-order valence-electron chi connectivity index (χ4n) is 2.80. The molecule has 6 heteroatoms. The number of hydrogen-bond acceptors (Lipinski definition) is 3. The second-order valence-corrected chi connectivity index (χ2v) is 5.41. The molecule has 24 heavy (non-hydrogen) atoms. The standard InChI is InChI=1S/C18H17N3O3/c1-3-9-21-17(23)14(16(22)19-18(21)24)10-12-11-20(4-2)15-8-6-5-7-13(12)15/h3,5-8,10-11H,1,4,9H2,2H3,(H,19,22,24). The molecule has 0 radical (unpaired) electrons. The number of amides is 4. The largest absolute Gasteiger partial charge is 0.347 e. The van der Waals surface area contributed by atoms with Crippen molar-refractivity contribution in [2.45, 2.75) is 13.5 Å². The number of aryl methyl sites for hydroxylation is 1. The van der Waals surface area contributed by atoms with Gasteiger partial charge in [-0.05, 0) is 19.1 Å². The van der Waals surface area contributed by atoms with Gasteiger partial charge >= 0.3 is 6.03 Å². The van der Waals surface area contributed by atoms with Crippen molar-refractivity contribution in [3.05, 3.63) is 54.3 Å². The molecule has 0 bridgehead atoms. The van der Waals surface area contributed by atoms with E-state index in [0.717, 1.165) is 27.9 Å². The van der Waals surface area contributed by atoms with Crippen LogP contribution < -0.4 is 5.32 Å². The van der Waals surface area contributed by atoms with E-state index in [1.165, 1.54) is 12.2 Å². The number of barbiturate groups is 1. The molecule has 3 rings (SSSR count). The third-order valence-electron chi connectivity index (χ3n) is 3.96. The van der Waals surface area contributed by atoms with Crippen molar-refractivity contribution in [1.82, 2.24) is 14.8 Å². The van der Waals surface area contributed by atoms with Crippen LogP contribution in [0.1, 0.15) is 12.5 Å². The van der Waals surface area contributed by atoms with E-state index in [4.69, 9.17) is 0 Å². The smallest absolute Gasteiger partial charge is 0.331 e. The lowest BCUT2D eigenvalue weighted by molar-refractivity contribution is -0.129. The summed E-state index contributed by atoms with van der Waals surface area (Å²) in [6, 6.07) is 7.04. The number of imide groups is 2. The van der Waals surface area contributed by atoms with E-state index in [0.29, 0.717) is 0 Å². The summed E-state index contributed by atoms with van der Waals surface area (Å²) >= 11 is 0. The number of nitrogens with zero attached hydrogens (tertiary/aromatic N) is 2. The fourth-order valence-corrected chi connectivity index (χ4v) is 2.80. The van der Waals surface area contributed by atoms with E-state index in [1.807, 2.05) is 42.0 Å². The van der Waals surface area contributed by atoms with Crippen molar-refractivity contribution in [3.8, 4) is 0 Å². The summed E-state index contributed by atoms with van der Waals surface area (Å²) in [5.41, 5.74) is 1.73. The number of carbonyl (C=O) groups excluding carboxylic acids is 3. The van der Waals surface area contributed by atoms with Crippen molar-refractivity contribution in [3.63, 3.8) is 0 Å². The van der Waals surface area contributed by atoms with E-state index in [1.54, 1.807) is 0 Å². The minimum Gasteiger partial charge on any atom is -0.347 e. The Morgan fingerprint density at radius 1 is 1.21 bits per heavy atom. The molecular weight excluding hydrogens is 306 g/mol. The van der Waals surface area contributed by atoms with Gasteiger partial charge in [0.2, 0.25) is 0 Å². The molecule has 2 aromatic rings. The lowest BCUT2D eigenvalue weighted by Crippen LogP contribution is -2.54. The molecule has 0 saturated carbocycles. The Morgan fingerprint density at radius 3 is 2.67 bits per heavy atom. The van der Waals surface area contributed by atoms with Crippen molar-refractivity contribution in [1.29, 1.82) is 0 Å². The van der Waals surface area contributed by atoms with Gasteiger partial charge in [0, 0.05) is 35.8 Å². The Bertz CT molecular complexity index is 892. The molecule has 1 aliphatic rings. The van der Waals surface area contributed by atoms with Gasteiger partial charge < -0.3 is 4.57 Å². The Morgan fingerprint density at radius 2 is 1.96 bits per heavy atom. The van der Waals surface area contributed by atoms with Crippen LogP contribution in [0.25, 0.3) is 17.0 Å². The zero-order valence-electron chi connectivity index (χ0n) is 13.3. The molecule has 1 aromatic heterocycles. The topological polar surface area (TPSA) is 71.4 Å². The number of nitrogens with one attached hydrogen (secondary N) is 1. The molecule has 1 N–H and O–H groups in total. The number of urea groups is 1. The molecule has 2 heterocycles. The first kappa shape index (κ1) is 15.7. The van der Waals surface area contributed by atoms with Gasteiger partial charge in [0.1, 0.15) is 5.57 Å². The molecule has 4 amide bonds. The van der Waals surface area contributed by atoms with Crippen molar-refractivity contribution >= 4 is 34.8 Å². The van der Waals surface area contributed by atoms with Crippen molar-refractivity contribution in [2.24, 2.45) is 0 Å². The lowest BCUT2D eigenvalue weighted by Gasteiger charge is -2.25. The third kappa shape index (κ3) is 2.52. The molecule has 0 spiro atoms. The van der Waals surface area contributed by atoms with Crippen LogP contribution in [0.3, 0.4) is 0 Å². The quantitative estimate of drug-likeness (QED) is 0.533. The molecule has 0 aliphatic carbocycles. The number of fused-ring (bicyclic) bond motifs is 1. The highest BCUT2D eigenvalue weighted by atomic mass is 16.2. The van der Waals surface area contributed by atoms with Crippen LogP contribution in [0.15, 0.2) is 48.7 Å². The third-order valence-corrected chi connectivity index (χ3v) is 3.96. The molecule has 1 fully saturated rings. The number of carbonyl (C=O) groups is 3. The van der Waals surface area contributed by atoms with Crippen LogP contribution >= 0.6 is 0 Å². The monoisotopic (exact) mass is 323 g/mol. The Kier molecular flexibility index (Phi) is 4.04. The highest BCUT2D eigenvalue weighted by molar-refractivity contribution is 6.31. The predicted octanol–water partition coefficient (Wildman–Crippen LogP) is 2.31. The SMILES string of the molecule is C=CCN1C(=O)NC(=O)C(=Cc2cn(CC)c3ccccc23)C1=O. The minimum atomic E-state index is -0.724. The van der Waals surface area contributed by atoms with Gasteiger partial charge in [-0.25, -0.2) is 4.79 Å². The van der Waals surface area contributed by atoms with Gasteiger partial charge in [-0.1, -0.05) is 24.3 Å². The summed E-state index contributed by atoms with van der Waals surface area (Å²) in [5.74, 6) is -1.30. The maximum atomic E-state index is 12.5. The predicted molar refractivity (Wildman–Crippen MR) is 91.0 cm³/mol. The maximum Gasteiger partial charge on any atom is 0.331 e. The van der Waals surface area contributed by atoms with Gasteiger partial charge in [-0.15, -0.1) is 6.58 Å². The zero-order valence-corrected chi connectivity index (χ0v) is 13.3. The summed E-state index contributed by atoms with van der Waals surface area (Å²) in [6.45, 7) is 6.36. The number of aromatic nitrogens is 1. The summed E-state index contributed by atoms with van der Waals surface area (Å²) in [7, 11) is 0. The van der Waals surface area contributed by atoms with Crippen molar-refractivity contribution < 1.29 is 14.4 Å². The number of rotatable bonds is 4. The summed E-state index contributed by atoms with van der Waals surface area (Å²) < 4.78 is 2.04. The van der Waals surface area contributed by atoms with Crippen LogP contribution in [0.5, 0.6) is 0 Å². The number of benzene rings is 1. The number of para-hydroxylation sites is 1. The highest BCUT2D eigenvalue weighted by Gasteiger charge is 2.35. The van der Waals surface area contributed by atoms with Gasteiger partial charge in [0.15, 0.2) is 0 Å². The first-order valence-electron chi connectivity index (χ1n) is 7.64. The summed E-state index contributed by atoms with van der Waals surface area (Å²) in [6.07, 6.45) is 4.87. The molecule has 0 unspecified atom stereocenters. The summed E-state index contributed by atoms with van der Waals surface area (Å²) in [4.78, 5) is 37.3. The van der Waals surface area contributed by atoms with E-state index in [-0.39, 0.29) is 12.1 Å². The van der Waals surface area contributed by atoms with Crippen LogP contribution in [0.4, 0.5) is 4.79 Å². The van der Waals surface area contributed by atoms with Crippen LogP contribution in [-0.4, -0.2) is 33.9 Å². The van der Waals surface area contributed by atoms with Crippen LogP contribution in [0.2, 0.25) is 0 Å². The Balaban J connectivity index is 2.10. The van der Waals surface area contributed by atoms with E-state index in [2.05, 4.69) is 11.9 Å². The minimum absolute atomic E-state index is 0.0476. The molecular formula is C18H17N3O3. The first-order chi connectivity index (χ1) is 11.6. The summed E-state index contributed by atoms with van der Waals surface area (Å²) in [5, 5.41) is 3.13. The van der Waals surface area contributed by atoms with Gasteiger partial charge in [-0.2, -0.15) is 0 Å². The van der Waals surface area contributed by atoms with Crippen LogP contribution in [-0.2, 0) is 16.1 Å². The molecule has 1 saturated heterocycles. The van der Waals surface area contributed by atoms with Crippen LogP contribution in [0, 0.1) is 0 Å². The van der Waals surface area contributed by atoms with E-state index < -0.39 is 17.8 Å². The van der Waals surface area contributed by atoms with Crippen molar-refractivity contribution in [2.75, 3.05) is 6.54 Å². The maximum absolute atomic E-state index is 12.5. The second-order valence-electron chi connectivity index (χ2n) is 5.41. The van der Waals surface area contributed by atoms with E-state index in [9.17, 15) is 14.4 Å². The molecule has 6 nitrogen and oxygen atoms in total. The lowest BCUT2D eigenvalue weighted by atomic mass is 10.1. The molecule has 1 aromatic carbocycles. The Labute approximate surface area is 139 Å². The normalized spacial score (nSPS) is 16.8. The zero-order chi connectivity index (χ0) is 17.3. The first-order valence-corrected chi connectivity index (χ1v) is 7.64. The average molecular weight is 323 g/mol. The Hall–Kier alpha value is -3.15. The second kappa shape index (κ2) is 6.16. The molecule has 1 aliphatic heterocycles. The fraction of sp³-hybridized carbons (Fsp3) is 0.167. The molecule has 0 atom stereocenters. The number of hydrogen-bond donors (Lipinski definition) is 1. The van der Waals surface area contributed by atoms with Gasteiger partial charge in [-0.3, -0.25) is 19.8 Å². The van der Waals surface area contributed by atoms with E-state index >= 15 is 0 Å². The van der Waals surface area contributed by atoms with Gasteiger partial charge in [0.25, 0.3) is 11.8 Å².